The summed E-state index contributed by atoms with van der Waals surface area (Å²) in [4.78, 5) is 4.32. The van der Waals surface area contributed by atoms with E-state index in [4.69, 9.17) is 0 Å². The number of fused-ring (bicyclic) bond motifs is 1. The highest BCUT2D eigenvalue weighted by Crippen LogP contribution is 2.30. The number of guanidine groups is 1. The number of nitrogens with one attached hydrogen (secondary N) is 2. The second kappa shape index (κ2) is 8.01. The van der Waals surface area contributed by atoms with Crippen LogP contribution in [0.25, 0.3) is 0 Å². The summed E-state index contributed by atoms with van der Waals surface area (Å²) in [5.41, 5.74) is 3.07. The SMILES string of the molecule is CN=C(NCC1CC1)NCC1CCCc2ccccc21.I. The molecule has 21 heavy (non-hydrogen) atoms. The zero-order chi connectivity index (χ0) is 13.8. The summed E-state index contributed by atoms with van der Waals surface area (Å²) in [6, 6.07) is 8.89. The molecule has 0 bridgehead atoms. The van der Waals surface area contributed by atoms with Crippen molar-refractivity contribution in [2.45, 2.75) is 38.0 Å². The Morgan fingerprint density at radius 3 is 2.67 bits per heavy atom. The molecule has 1 fully saturated rings. The number of rotatable bonds is 4. The molecule has 4 heteroatoms. The topological polar surface area (TPSA) is 36.4 Å². The Morgan fingerprint density at radius 1 is 1.14 bits per heavy atom. The van der Waals surface area contributed by atoms with Gasteiger partial charge in [-0.05, 0) is 49.1 Å². The van der Waals surface area contributed by atoms with E-state index >= 15 is 0 Å². The van der Waals surface area contributed by atoms with Gasteiger partial charge in [-0.3, -0.25) is 4.99 Å². The van der Waals surface area contributed by atoms with Crippen molar-refractivity contribution < 1.29 is 0 Å². The highest BCUT2D eigenvalue weighted by Gasteiger charge is 2.22. The van der Waals surface area contributed by atoms with Gasteiger partial charge in [0.2, 0.25) is 0 Å². The first-order valence-corrected chi connectivity index (χ1v) is 7.89. The Kier molecular flexibility index (Phi) is 6.33. The molecule has 3 nitrogen and oxygen atoms in total. The molecular formula is C17H26IN3. The third-order valence-electron chi connectivity index (χ3n) is 4.49. The van der Waals surface area contributed by atoms with E-state index in [-0.39, 0.29) is 24.0 Å². The van der Waals surface area contributed by atoms with Crippen LogP contribution in [0.15, 0.2) is 29.3 Å². The number of hydrogen-bond acceptors (Lipinski definition) is 1. The van der Waals surface area contributed by atoms with Crippen molar-refractivity contribution in [3.8, 4) is 0 Å². The molecule has 1 aromatic rings. The van der Waals surface area contributed by atoms with E-state index in [1.54, 1.807) is 0 Å². The predicted octanol–water partition coefficient (Wildman–Crippen LogP) is 3.30. The number of aryl methyl sites for hydroxylation is 1. The molecule has 1 atom stereocenters. The molecular weight excluding hydrogens is 373 g/mol. The summed E-state index contributed by atoms with van der Waals surface area (Å²) in [5.74, 6) is 2.46. The summed E-state index contributed by atoms with van der Waals surface area (Å²) in [5, 5.41) is 6.94. The smallest absolute Gasteiger partial charge is 0.191 e. The Balaban J connectivity index is 0.00000161. The lowest BCUT2D eigenvalue weighted by Crippen LogP contribution is -2.40. The first kappa shape index (κ1) is 16.6. The van der Waals surface area contributed by atoms with Gasteiger partial charge < -0.3 is 10.6 Å². The van der Waals surface area contributed by atoms with Gasteiger partial charge in [0, 0.05) is 26.1 Å². The molecule has 3 rings (SSSR count). The molecule has 0 amide bonds. The van der Waals surface area contributed by atoms with E-state index in [9.17, 15) is 0 Å². The summed E-state index contributed by atoms with van der Waals surface area (Å²) >= 11 is 0. The fourth-order valence-electron chi connectivity index (χ4n) is 3.07. The van der Waals surface area contributed by atoms with Gasteiger partial charge in [0.05, 0.1) is 0 Å². The zero-order valence-corrected chi connectivity index (χ0v) is 15.1. The fraction of sp³-hybridized carbons (Fsp3) is 0.588. The second-order valence-electron chi connectivity index (χ2n) is 6.07. The maximum Gasteiger partial charge on any atom is 0.191 e. The fourth-order valence-corrected chi connectivity index (χ4v) is 3.07. The molecule has 0 aromatic heterocycles. The molecule has 2 N–H and O–H groups in total. The molecule has 0 radical (unpaired) electrons. The second-order valence-corrected chi connectivity index (χ2v) is 6.07. The monoisotopic (exact) mass is 399 g/mol. The summed E-state index contributed by atoms with van der Waals surface area (Å²) in [6.45, 7) is 2.06. The van der Waals surface area contributed by atoms with Crippen LogP contribution in [-0.2, 0) is 6.42 Å². The number of nitrogens with zero attached hydrogens (tertiary/aromatic N) is 1. The van der Waals surface area contributed by atoms with Crippen molar-refractivity contribution in [2.24, 2.45) is 10.9 Å². The highest BCUT2D eigenvalue weighted by molar-refractivity contribution is 14.0. The maximum atomic E-state index is 4.32. The van der Waals surface area contributed by atoms with Crippen molar-refractivity contribution in [1.29, 1.82) is 0 Å². The van der Waals surface area contributed by atoms with Crippen LogP contribution in [0.5, 0.6) is 0 Å². The first-order valence-electron chi connectivity index (χ1n) is 7.89. The molecule has 1 saturated carbocycles. The minimum absolute atomic E-state index is 0. The Labute approximate surface area is 145 Å². The lowest BCUT2D eigenvalue weighted by atomic mass is 9.83. The van der Waals surface area contributed by atoms with Gasteiger partial charge in [-0.15, -0.1) is 24.0 Å². The van der Waals surface area contributed by atoms with Crippen LogP contribution in [0.3, 0.4) is 0 Å². The lowest BCUT2D eigenvalue weighted by molar-refractivity contribution is 0.539. The third kappa shape index (κ3) is 4.59. The molecule has 0 saturated heterocycles. The minimum Gasteiger partial charge on any atom is -0.356 e. The molecule has 0 spiro atoms. The highest BCUT2D eigenvalue weighted by atomic mass is 127. The van der Waals surface area contributed by atoms with E-state index in [0.29, 0.717) is 5.92 Å². The van der Waals surface area contributed by atoms with E-state index in [2.05, 4.69) is 39.9 Å². The Bertz CT molecular complexity index is 483. The largest absolute Gasteiger partial charge is 0.356 e. The van der Waals surface area contributed by atoms with Gasteiger partial charge in [0.15, 0.2) is 5.96 Å². The molecule has 116 valence electrons. The van der Waals surface area contributed by atoms with Crippen LogP contribution in [0.1, 0.15) is 42.7 Å². The molecule has 0 heterocycles. The first-order chi connectivity index (χ1) is 9.86. The number of benzene rings is 1. The predicted molar refractivity (Wildman–Crippen MR) is 99.6 cm³/mol. The number of halogens is 1. The van der Waals surface area contributed by atoms with Gasteiger partial charge in [-0.1, -0.05) is 24.3 Å². The van der Waals surface area contributed by atoms with Gasteiger partial charge in [0.1, 0.15) is 0 Å². The number of aliphatic imine (C=N–C) groups is 1. The van der Waals surface area contributed by atoms with Crippen LogP contribution < -0.4 is 10.6 Å². The van der Waals surface area contributed by atoms with E-state index in [1.165, 1.54) is 43.2 Å². The van der Waals surface area contributed by atoms with E-state index < -0.39 is 0 Å². The summed E-state index contributed by atoms with van der Waals surface area (Å²) in [6.07, 6.45) is 6.57. The summed E-state index contributed by atoms with van der Waals surface area (Å²) in [7, 11) is 1.86. The van der Waals surface area contributed by atoms with Gasteiger partial charge in [-0.2, -0.15) is 0 Å². The van der Waals surface area contributed by atoms with Crippen molar-refractivity contribution in [3.05, 3.63) is 35.4 Å². The van der Waals surface area contributed by atoms with Gasteiger partial charge in [-0.25, -0.2) is 0 Å². The van der Waals surface area contributed by atoms with E-state index in [0.717, 1.165) is 25.0 Å². The zero-order valence-electron chi connectivity index (χ0n) is 12.8. The van der Waals surface area contributed by atoms with Crippen LogP contribution in [0.4, 0.5) is 0 Å². The summed E-state index contributed by atoms with van der Waals surface area (Å²) < 4.78 is 0. The third-order valence-corrected chi connectivity index (χ3v) is 4.49. The van der Waals surface area contributed by atoms with Crippen LogP contribution >= 0.6 is 24.0 Å². The van der Waals surface area contributed by atoms with Crippen molar-refractivity contribution >= 4 is 29.9 Å². The molecule has 1 aromatic carbocycles. The quantitative estimate of drug-likeness (QED) is 0.463. The Morgan fingerprint density at radius 2 is 1.90 bits per heavy atom. The lowest BCUT2D eigenvalue weighted by Gasteiger charge is -2.26. The molecule has 2 aliphatic rings. The Hall–Kier alpha value is -0.780. The average Bonchev–Trinajstić information content (AvgIpc) is 3.32. The van der Waals surface area contributed by atoms with Gasteiger partial charge >= 0.3 is 0 Å². The van der Waals surface area contributed by atoms with Crippen LogP contribution in [0.2, 0.25) is 0 Å². The van der Waals surface area contributed by atoms with E-state index in [1.807, 2.05) is 7.05 Å². The maximum absolute atomic E-state index is 4.32. The normalized spacial score (nSPS) is 21.2. The van der Waals surface area contributed by atoms with Crippen LogP contribution in [0, 0.1) is 5.92 Å². The van der Waals surface area contributed by atoms with Crippen LogP contribution in [-0.4, -0.2) is 26.1 Å². The molecule has 1 unspecified atom stereocenters. The molecule has 2 aliphatic carbocycles. The van der Waals surface area contributed by atoms with Crippen molar-refractivity contribution in [1.82, 2.24) is 10.6 Å². The minimum atomic E-state index is 0. The van der Waals surface area contributed by atoms with Crippen molar-refractivity contribution in [3.63, 3.8) is 0 Å². The van der Waals surface area contributed by atoms with Gasteiger partial charge in [0.25, 0.3) is 0 Å². The molecule has 0 aliphatic heterocycles. The number of hydrogen-bond donors (Lipinski definition) is 2. The average molecular weight is 399 g/mol. The van der Waals surface area contributed by atoms with Crippen molar-refractivity contribution in [2.75, 3.05) is 20.1 Å². The standard InChI is InChI=1S/C17H25N3.HI/c1-18-17(19-11-13-9-10-13)20-12-15-7-4-6-14-5-2-3-8-16(14)15;/h2-3,5,8,13,15H,4,6-7,9-12H2,1H3,(H2,18,19,20);1H.